The Morgan fingerprint density at radius 2 is 1.64 bits per heavy atom. The van der Waals surface area contributed by atoms with E-state index in [2.05, 4.69) is 15.8 Å². The lowest BCUT2D eigenvalue weighted by molar-refractivity contribution is 0.00722. The Labute approximate surface area is 196 Å². The van der Waals surface area contributed by atoms with Gasteiger partial charge in [-0.25, -0.2) is 4.79 Å². The maximum atomic E-state index is 12.3. The molecule has 8 heteroatoms. The van der Waals surface area contributed by atoms with Crippen molar-refractivity contribution in [2.75, 3.05) is 31.9 Å². The first-order valence-electron chi connectivity index (χ1n) is 12.1. The molecule has 1 saturated carbocycles. The standard InChI is InChI=1S/C25H39N5O3/c1-24(2,3)33-23(31)29-12-10-28(11-13-29)18-6-8-19(9-7-18)30-16-17-14-21(26)20(25(4,5)32)15-22(17)27-30/h14-16,18-19,32H,6-13,26H2,1-5H3. The zero-order valence-electron chi connectivity index (χ0n) is 20.7. The second-order valence-corrected chi connectivity index (χ2v) is 11.1. The van der Waals surface area contributed by atoms with Crippen molar-refractivity contribution in [3.8, 4) is 0 Å². The van der Waals surface area contributed by atoms with Crippen LogP contribution >= 0.6 is 0 Å². The van der Waals surface area contributed by atoms with Gasteiger partial charge in [0, 0.05) is 55.1 Å². The number of anilines is 1. The van der Waals surface area contributed by atoms with Gasteiger partial charge in [0.15, 0.2) is 0 Å². The number of nitrogens with two attached hydrogens (primary N) is 1. The Morgan fingerprint density at radius 1 is 1.03 bits per heavy atom. The van der Waals surface area contributed by atoms with Crippen molar-refractivity contribution < 1.29 is 14.6 Å². The van der Waals surface area contributed by atoms with Gasteiger partial charge in [-0.1, -0.05) is 0 Å². The fraction of sp³-hybridized carbons (Fsp3) is 0.680. The smallest absolute Gasteiger partial charge is 0.410 e. The molecule has 1 amide bonds. The average Bonchev–Trinajstić information content (AvgIpc) is 3.14. The molecule has 2 aromatic rings. The fourth-order valence-electron chi connectivity index (χ4n) is 5.11. The van der Waals surface area contributed by atoms with Crippen molar-refractivity contribution in [3.63, 3.8) is 0 Å². The minimum absolute atomic E-state index is 0.204. The number of ether oxygens (including phenoxy) is 1. The summed E-state index contributed by atoms with van der Waals surface area (Å²) in [6.07, 6.45) is 6.31. The van der Waals surface area contributed by atoms with Crippen molar-refractivity contribution >= 4 is 22.7 Å². The number of aromatic nitrogens is 2. The van der Waals surface area contributed by atoms with Crippen molar-refractivity contribution in [1.82, 2.24) is 19.6 Å². The maximum Gasteiger partial charge on any atom is 0.410 e. The molecule has 1 saturated heterocycles. The summed E-state index contributed by atoms with van der Waals surface area (Å²) in [5, 5.41) is 16.2. The predicted octanol–water partition coefficient (Wildman–Crippen LogP) is 3.88. The van der Waals surface area contributed by atoms with Crippen molar-refractivity contribution in [1.29, 1.82) is 0 Å². The van der Waals surface area contributed by atoms with Gasteiger partial charge in [0.2, 0.25) is 0 Å². The van der Waals surface area contributed by atoms with Gasteiger partial charge in [-0.3, -0.25) is 9.58 Å². The van der Waals surface area contributed by atoms with Crippen LogP contribution in [-0.2, 0) is 10.3 Å². The van der Waals surface area contributed by atoms with E-state index in [0.717, 1.165) is 68.3 Å². The molecule has 1 aromatic carbocycles. The molecule has 1 aliphatic heterocycles. The third kappa shape index (κ3) is 5.44. The molecule has 1 aliphatic carbocycles. The molecular formula is C25H39N5O3. The lowest BCUT2D eigenvalue weighted by atomic mass is 9.90. The number of benzene rings is 1. The Morgan fingerprint density at radius 3 is 2.21 bits per heavy atom. The number of carbonyl (C=O) groups is 1. The van der Waals surface area contributed by atoms with Gasteiger partial charge in [-0.2, -0.15) is 5.10 Å². The third-order valence-corrected chi connectivity index (χ3v) is 6.88. The third-order valence-electron chi connectivity index (χ3n) is 6.88. The molecule has 2 aliphatic rings. The van der Waals surface area contributed by atoms with Gasteiger partial charge < -0.3 is 20.5 Å². The summed E-state index contributed by atoms with van der Waals surface area (Å²) >= 11 is 0. The van der Waals surface area contributed by atoms with E-state index >= 15 is 0 Å². The minimum atomic E-state index is -0.992. The van der Waals surface area contributed by atoms with Crippen LogP contribution in [0.5, 0.6) is 0 Å². The molecule has 1 aromatic heterocycles. The van der Waals surface area contributed by atoms with Crippen LogP contribution in [0.3, 0.4) is 0 Å². The largest absolute Gasteiger partial charge is 0.444 e. The summed E-state index contributed by atoms with van der Waals surface area (Å²) in [5.74, 6) is 0. The number of carbonyl (C=O) groups excluding carboxylic acids is 1. The highest BCUT2D eigenvalue weighted by Crippen LogP contribution is 2.34. The summed E-state index contributed by atoms with van der Waals surface area (Å²) in [7, 11) is 0. The number of nitrogens with zero attached hydrogens (tertiary/aromatic N) is 4. The van der Waals surface area contributed by atoms with Crippen LogP contribution in [0.2, 0.25) is 0 Å². The number of piperazine rings is 1. The Hall–Kier alpha value is -2.32. The molecule has 4 rings (SSSR count). The molecule has 0 unspecified atom stereocenters. The van der Waals surface area contributed by atoms with Crippen LogP contribution in [0.25, 0.3) is 10.9 Å². The average molecular weight is 458 g/mol. The topological polar surface area (TPSA) is 96.9 Å². The van der Waals surface area contributed by atoms with Gasteiger partial charge in [0.1, 0.15) is 5.60 Å². The number of nitrogen functional groups attached to an aromatic ring is 1. The molecule has 0 bridgehead atoms. The van der Waals surface area contributed by atoms with Crippen LogP contribution < -0.4 is 5.73 Å². The Kier molecular flexibility index (Phi) is 6.35. The number of aliphatic hydroxyl groups is 1. The van der Waals surface area contributed by atoms with Crippen molar-refractivity contribution in [2.45, 2.75) is 83.6 Å². The van der Waals surface area contributed by atoms with E-state index in [-0.39, 0.29) is 6.09 Å². The fourth-order valence-corrected chi connectivity index (χ4v) is 5.11. The van der Waals surface area contributed by atoms with Gasteiger partial charge in [0.25, 0.3) is 0 Å². The number of fused-ring (bicyclic) bond motifs is 1. The highest BCUT2D eigenvalue weighted by atomic mass is 16.6. The summed E-state index contributed by atoms with van der Waals surface area (Å²) in [5.41, 5.74) is 6.93. The monoisotopic (exact) mass is 457 g/mol. The van der Waals surface area contributed by atoms with Gasteiger partial charge in [-0.05, 0) is 72.4 Å². The van der Waals surface area contributed by atoms with Gasteiger partial charge in [-0.15, -0.1) is 0 Å². The van der Waals surface area contributed by atoms with Crippen LogP contribution in [-0.4, -0.2) is 68.6 Å². The normalized spacial score (nSPS) is 23.2. The molecule has 2 heterocycles. The lowest BCUT2D eigenvalue weighted by Gasteiger charge is -2.42. The first-order valence-corrected chi connectivity index (χ1v) is 12.1. The number of hydrogen-bond acceptors (Lipinski definition) is 6. The van der Waals surface area contributed by atoms with Gasteiger partial charge in [0.05, 0.1) is 17.2 Å². The second kappa shape index (κ2) is 8.80. The maximum absolute atomic E-state index is 12.3. The molecule has 8 nitrogen and oxygen atoms in total. The highest BCUT2D eigenvalue weighted by molar-refractivity contribution is 5.83. The van der Waals surface area contributed by atoms with Crippen LogP contribution in [0, 0.1) is 0 Å². The molecule has 0 atom stereocenters. The molecular weight excluding hydrogens is 418 g/mol. The summed E-state index contributed by atoms with van der Waals surface area (Å²) in [4.78, 5) is 16.7. The molecule has 0 radical (unpaired) electrons. The summed E-state index contributed by atoms with van der Waals surface area (Å²) in [6.45, 7) is 12.5. The predicted molar refractivity (Wildman–Crippen MR) is 130 cm³/mol. The van der Waals surface area contributed by atoms with Crippen LogP contribution in [0.1, 0.15) is 71.9 Å². The number of amides is 1. The zero-order chi connectivity index (χ0) is 24.0. The minimum Gasteiger partial charge on any atom is -0.444 e. The molecule has 182 valence electrons. The van der Waals surface area contributed by atoms with E-state index in [0.29, 0.717) is 17.8 Å². The summed E-state index contributed by atoms with van der Waals surface area (Å²) < 4.78 is 7.61. The molecule has 0 spiro atoms. The van der Waals surface area contributed by atoms with Crippen molar-refractivity contribution in [2.24, 2.45) is 0 Å². The van der Waals surface area contributed by atoms with E-state index in [1.165, 1.54) is 0 Å². The van der Waals surface area contributed by atoms with Crippen molar-refractivity contribution in [3.05, 3.63) is 23.9 Å². The van der Waals surface area contributed by atoms with E-state index in [4.69, 9.17) is 15.6 Å². The van der Waals surface area contributed by atoms with E-state index in [1.54, 1.807) is 13.8 Å². The van der Waals surface area contributed by atoms with E-state index in [9.17, 15) is 9.90 Å². The molecule has 2 fully saturated rings. The number of hydrogen-bond donors (Lipinski definition) is 2. The first-order chi connectivity index (χ1) is 15.4. The Balaban J connectivity index is 1.33. The molecule has 3 N–H and O–H groups in total. The Bertz CT molecular complexity index is 988. The first kappa shape index (κ1) is 23.8. The van der Waals surface area contributed by atoms with E-state index < -0.39 is 11.2 Å². The lowest BCUT2D eigenvalue weighted by Crippen LogP contribution is -2.53. The van der Waals surface area contributed by atoms with Crippen LogP contribution in [0.15, 0.2) is 18.3 Å². The summed E-state index contributed by atoms with van der Waals surface area (Å²) in [6, 6.07) is 4.77. The van der Waals surface area contributed by atoms with E-state index in [1.807, 2.05) is 37.8 Å². The highest BCUT2D eigenvalue weighted by Gasteiger charge is 2.32. The van der Waals surface area contributed by atoms with Gasteiger partial charge >= 0.3 is 6.09 Å². The number of rotatable bonds is 3. The SMILES string of the molecule is CC(C)(C)OC(=O)N1CCN(C2CCC(n3cc4cc(N)c(C(C)(C)O)cc4n3)CC2)CC1. The second-order valence-electron chi connectivity index (χ2n) is 11.1. The molecule has 33 heavy (non-hydrogen) atoms. The zero-order valence-corrected chi connectivity index (χ0v) is 20.7. The quantitative estimate of drug-likeness (QED) is 0.679. The van der Waals surface area contributed by atoms with Crippen LogP contribution in [0.4, 0.5) is 10.5 Å².